The van der Waals surface area contributed by atoms with Gasteiger partial charge in [0.05, 0.1) is 5.41 Å². The van der Waals surface area contributed by atoms with Gasteiger partial charge in [0.1, 0.15) is 0 Å². The summed E-state index contributed by atoms with van der Waals surface area (Å²) in [5.74, 6) is 0. The molecule has 0 bridgehead atoms. The van der Waals surface area contributed by atoms with Gasteiger partial charge in [-0.05, 0) is 114 Å². The number of para-hydroxylation sites is 1. The van der Waals surface area contributed by atoms with E-state index >= 15 is 0 Å². The Morgan fingerprint density at radius 1 is 0.278 bits per heavy atom. The molecule has 0 radical (unpaired) electrons. The molecule has 0 atom stereocenters. The van der Waals surface area contributed by atoms with Crippen LogP contribution in [0.2, 0.25) is 0 Å². The standard InChI is InChI=1S/C53H35N/c1-2-17-38(18-3-1)54(39-31-29-37(30-32-39)42-25-14-16-36-15-4-5-19-41(36)42)40-33-34-48-47-24-10-13-28-51(47)53(52(48)35-40)49-26-11-8-22-45(49)43-20-6-7-21-44(43)46-23-9-12-27-50(46)53/h1-35H. The lowest BCUT2D eigenvalue weighted by molar-refractivity contribution is 0.775. The van der Waals surface area contributed by atoms with Gasteiger partial charge in [-0.3, -0.25) is 0 Å². The number of hydrogen-bond donors (Lipinski definition) is 0. The van der Waals surface area contributed by atoms with Gasteiger partial charge < -0.3 is 4.90 Å². The lowest BCUT2D eigenvalue weighted by Gasteiger charge is -2.36. The van der Waals surface area contributed by atoms with Crippen LogP contribution < -0.4 is 4.90 Å². The topological polar surface area (TPSA) is 3.24 Å². The number of hydrogen-bond acceptors (Lipinski definition) is 1. The molecule has 0 aliphatic heterocycles. The Labute approximate surface area is 316 Å². The highest BCUT2D eigenvalue weighted by atomic mass is 15.1. The highest BCUT2D eigenvalue weighted by molar-refractivity contribution is 5.99. The van der Waals surface area contributed by atoms with E-state index in [1.54, 1.807) is 0 Å². The summed E-state index contributed by atoms with van der Waals surface area (Å²) in [4.78, 5) is 2.41. The third-order valence-electron chi connectivity index (χ3n) is 11.7. The fourth-order valence-electron chi connectivity index (χ4n) is 9.47. The van der Waals surface area contributed by atoms with Crippen LogP contribution in [-0.4, -0.2) is 0 Å². The molecule has 2 aliphatic rings. The Hall–Kier alpha value is -6.96. The van der Waals surface area contributed by atoms with Crippen molar-refractivity contribution in [1.82, 2.24) is 0 Å². The summed E-state index contributed by atoms with van der Waals surface area (Å²) in [6.07, 6.45) is 0. The SMILES string of the molecule is c1ccc(N(c2ccc(-c3cccc4ccccc34)cc2)c2ccc3c(c2)C2(c4ccccc4-c4ccccc4-c4ccccc42)c2ccccc2-3)cc1. The zero-order valence-corrected chi connectivity index (χ0v) is 29.7. The molecule has 0 amide bonds. The van der Waals surface area contributed by atoms with Crippen LogP contribution in [0, 0.1) is 0 Å². The minimum absolute atomic E-state index is 0.533. The number of nitrogens with zero attached hydrogens (tertiary/aromatic N) is 1. The summed E-state index contributed by atoms with van der Waals surface area (Å²) in [7, 11) is 0. The van der Waals surface area contributed by atoms with Crippen molar-refractivity contribution in [1.29, 1.82) is 0 Å². The molecule has 0 N–H and O–H groups in total. The molecule has 11 rings (SSSR count). The average molecular weight is 686 g/mol. The van der Waals surface area contributed by atoms with E-state index in [2.05, 4.69) is 217 Å². The summed E-state index contributed by atoms with van der Waals surface area (Å²) in [6, 6.07) is 78.4. The van der Waals surface area contributed by atoms with Gasteiger partial charge in [0.25, 0.3) is 0 Å². The number of rotatable bonds is 4. The first kappa shape index (κ1) is 30.6. The van der Waals surface area contributed by atoms with Crippen LogP contribution in [0.5, 0.6) is 0 Å². The lowest BCUT2D eigenvalue weighted by Crippen LogP contribution is -2.29. The van der Waals surface area contributed by atoms with Crippen molar-refractivity contribution in [2.45, 2.75) is 5.41 Å². The second kappa shape index (κ2) is 12.0. The van der Waals surface area contributed by atoms with Crippen LogP contribution in [0.3, 0.4) is 0 Å². The first-order valence-electron chi connectivity index (χ1n) is 18.8. The van der Waals surface area contributed by atoms with Gasteiger partial charge in [-0.2, -0.15) is 0 Å². The van der Waals surface area contributed by atoms with Crippen molar-refractivity contribution in [3.8, 4) is 44.5 Å². The summed E-state index contributed by atoms with van der Waals surface area (Å²) < 4.78 is 0. The van der Waals surface area contributed by atoms with Crippen LogP contribution in [-0.2, 0) is 5.41 Å². The molecule has 1 nitrogen and oxygen atoms in total. The third kappa shape index (κ3) is 4.39. The van der Waals surface area contributed by atoms with Crippen LogP contribution in [0.15, 0.2) is 212 Å². The quantitative estimate of drug-likeness (QED) is 0.178. The number of benzene rings is 9. The second-order valence-electron chi connectivity index (χ2n) is 14.4. The van der Waals surface area contributed by atoms with Crippen molar-refractivity contribution < 1.29 is 0 Å². The van der Waals surface area contributed by atoms with Crippen LogP contribution in [0.25, 0.3) is 55.3 Å². The van der Waals surface area contributed by atoms with Crippen molar-refractivity contribution in [2.24, 2.45) is 0 Å². The zero-order valence-electron chi connectivity index (χ0n) is 29.7. The van der Waals surface area contributed by atoms with E-state index in [0.717, 1.165) is 17.1 Å². The normalized spacial score (nSPS) is 13.0. The maximum atomic E-state index is 2.48. The highest BCUT2D eigenvalue weighted by Crippen LogP contribution is 2.62. The predicted octanol–water partition coefficient (Wildman–Crippen LogP) is 14.0. The third-order valence-corrected chi connectivity index (χ3v) is 11.7. The monoisotopic (exact) mass is 685 g/mol. The van der Waals surface area contributed by atoms with Gasteiger partial charge in [0, 0.05) is 17.1 Å². The molecule has 54 heavy (non-hydrogen) atoms. The van der Waals surface area contributed by atoms with E-state index in [-0.39, 0.29) is 0 Å². The molecule has 0 unspecified atom stereocenters. The molecule has 0 aromatic heterocycles. The molecule has 0 fully saturated rings. The molecule has 9 aromatic carbocycles. The molecular formula is C53H35N. The molecule has 252 valence electrons. The Balaban J connectivity index is 1.16. The molecule has 9 aromatic rings. The van der Waals surface area contributed by atoms with E-state index in [9.17, 15) is 0 Å². The van der Waals surface area contributed by atoms with E-state index in [1.807, 2.05) is 0 Å². The van der Waals surface area contributed by atoms with Gasteiger partial charge >= 0.3 is 0 Å². The van der Waals surface area contributed by atoms with E-state index in [1.165, 1.54) is 77.5 Å². The summed E-state index contributed by atoms with van der Waals surface area (Å²) in [5, 5.41) is 2.52. The largest absolute Gasteiger partial charge is 0.310 e. The molecule has 1 heteroatoms. The fourth-order valence-corrected chi connectivity index (χ4v) is 9.47. The average Bonchev–Trinajstić information content (AvgIpc) is 3.48. The minimum atomic E-state index is -0.533. The smallest absolute Gasteiger partial charge is 0.0726 e. The van der Waals surface area contributed by atoms with Crippen LogP contribution in [0.4, 0.5) is 17.1 Å². The summed E-state index contributed by atoms with van der Waals surface area (Å²) >= 11 is 0. The maximum Gasteiger partial charge on any atom is 0.0726 e. The first-order valence-corrected chi connectivity index (χ1v) is 18.8. The van der Waals surface area contributed by atoms with Gasteiger partial charge in [0.15, 0.2) is 0 Å². The van der Waals surface area contributed by atoms with E-state index < -0.39 is 5.41 Å². The van der Waals surface area contributed by atoms with Gasteiger partial charge in [0.2, 0.25) is 0 Å². The second-order valence-corrected chi connectivity index (χ2v) is 14.4. The van der Waals surface area contributed by atoms with Crippen molar-refractivity contribution in [3.63, 3.8) is 0 Å². The van der Waals surface area contributed by atoms with Crippen molar-refractivity contribution >= 4 is 27.8 Å². The first-order chi connectivity index (χ1) is 26.8. The molecule has 1 spiro atoms. The van der Waals surface area contributed by atoms with Crippen molar-refractivity contribution in [2.75, 3.05) is 4.90 Å². The van der Waals surface area contributed by atoms with Gasteiger partial charge in [-0.15, -0.1) is 0 Å². The Bertz CT molecular complexity index is 2810. The molecule has 2 aliphatic carbocycles. The Morgan fingerprint density at radius 3 is 1.37 bits per heavy atom. The van der Waals surface area contributed by atoms with Crippen LogP contribution in [0.1, 0.15) is 22.3 Å². The maximum absolute atomic E-state index is 2.48. The fraction of sp³-hybridized carbons (Fsp3) is 0.0189. The Morgan fingerprint density at radius 2 is 0.722 bits per heavy atom. The lowest BCUT2D eigenvalue weighted by atomic mass is 9.66. The zero-order chi connectivity index (χ0) is 35.6. The molecule has 0 saturated carbocycles. The van der Waals surface area contributed by atoms with Crippen molar-refractivity contribution in [3.05, 3.63) is 235 Å². The van der Waals surface area contributed by atoms with Crippen LogP contribution >= 0.6 is 0 Å². The molecule has 0 saturated heterocycles. The van der Waals surface area contributed by atoms with Gasteiger partial charge in [-0.1, -0.05) is 176 Å². The highest BCUT2D eigenvalue weighted by Gasteiger charge is 2.49. The molecule has 0 heterocycles. The van der Waals surface area contributed by atoms with E-state index in [4.69, 9.17) is 0 Å². The number of fused-ring (bicyclic) bond motifs is 13. The molecular weight excluding hydrogens is 651 g/mol. The Kier molecular flexibility index (Phi) is 6.84. The predicted molar refractivity (Wildman–Crippen MR) is 226 cm³/mol. The van der Waals surface area contributed by atoms with Gasteiger partial charge in [-0.25, -0.2) is 0 Å². The minimum Gasteiger partial charge on any atom is -0.310 e. The van der Waals surface area contributed by atoms with E-state index in [0.29, 0.717) is 0 Å². The summed E-state index contributed by atoms with van der Waals surface area (Å²) in [5.41, 5.74) is 18.2. The summed E-state index contributed by atoms with van der Waals surface area (Å²) in [6.45, 7) is 0. The number of anilines is 3.